The van der Waals surface area contributed by atoms with Crippen molar-refractivity contribution in [3.63, 3.8) is 0 Å². The molecule has 0 aromatic heterocycles. The number of nitrogens with one attached hydrogen (secondary N) is 1. The van der Waals surface area contributed by atoms with Gasteiger partial charge in [-0.1, -0.05) is 30.2 Å². The monoisotopic (exact) mass is 310 g/mol. The van der Waals surface area contributed by atoms with Crippen LogP contribution in [0.1, 0.15) is 18.1 Å². The summed E-state index contributed by atoms with van der Waals surface area (Å²) in [6.07, 6.45) is 6.30. The van der Waals surface area contributed by atoms with E-state index in [9.17, 15) is 4.39 Å². The van der Waals surface area contributed by atoms with E-state index in [1.165, 1.54) is 11.6 Å². The van der Waals surface area contributed by atoms with Crippen LogP contribution in [0.4, 0.5) is 10.1 Å². The van der Waals surface area contributed by atoms with Gasteiger partial charge >= 0.3 is 0 Å². The summed E-state index contributed by atoms with van der Waals surface area (Å²) in [5, 5.41) is 3.34. The highest BCUT2D eigenvalue weighted by molar-refractivity contribution is 5.46. The number of hydrogen-bond donors (Lipinski definition) is 1. The smallest absolute Gasteiger partial charge is 0.123 e. The predicted molar refractivity (Wildman–Crippen MR) is 94.8 cm³/mol. The van der Waals surface area contributed by atoms with Gasteiger partial charge in [-0.15, -0.1) is 6.42 Å². The van der Waals surface area contributed by atoms with E-state index in [4.69, 9.17) is 6.42 Å². The van der Waals surface area contributed by atoms with E-state index in [1.54, 1.807) is 12.1 Å². The molecule has 0 aliphatic carbocycles. The largest absolute Gasteiger partial charge is 0.381 e. The molecule has 23 heavy (non-hydrogen) atoms. The molecule has 2 aromatic rings. The second kappa shape index (κ2) is 8.36. The summed E-state index contributed by atoms with van der Waals surface area (Å²) in [4.78, 5) is 2.16. The van der Waals surface area contributed by atoms with Gasteiger partial charge < -0.3 is 5.32 Å². The Morgan fingerprint density at radius 2 is 1.91 bits per heavy atom. The molecule has 0 fully saturated rings. The molecule has 2 rings (SSSR count). The van der Waals surface area contributed by atoms with Gasteiger partial charge in [0, 0.05) is 18.3 Å². The van der Waals surface area contributed by atoms with Gasteiger partial charge in [0.25, 0.3) is 0 Å². The predicted octanol–water partition coefficient (Wildman–Crippen LogP) is 3.93. The topological polar surface area (TPSA) is 15.3 Å². The molecular formula is C20H23FN2. The second-order valence-corrected chi connectivity index (χ2v) is 5.86. The van der Waals surface area contributed by atoms with Crippen LogP contribution in [-0.4, -0.2) is 24.5 Å². The molecule has 0 aliphatic heterocycles. The Morgan fingerprint density at radius 1 is 1.17 bits per heavy atom. The number of terminal acetylenes is 1. The fourth-order valence-electron chi connectivity index (χ4n) is 2.46. The highest BCUT2D eigenvalue weighted by Crippen LogP contribution is 2.15. The van der Waals surface area contributed by atoms with Crippen molar-refractivity contribution in [3.8, 4) is 12.3 Å². The standard InChI is InChI=1S/C20H23FN2/c1-4-11-23(3)16(2)12-17-7-6-10-20(14-17)22-15-18-8-5-9-19(21)13-18/h1,5-10,13-14,16,22H,11-12,15H2,2-3H3/t16-/m1/s1. The van der Waals surface area contributed by atoms with Crippen LogP contribution in [0.2, 0.25) is 0 Å². The molecular weight excluding hydrogens is 287 g/mol. The van der Waals surface area contributed by atoms with E-state index in [-0.39, 0.29) is 5.82 Å². The van der Waals surface area contributed by atoms with Gasteiger partial charge in [-0.25, -0.2) is 4.39 Å². The maximum absolute atomic E-state index is 13.2. The van der Waals surface area contributed by atoms with Crippen LogP contribution >= 0.6 is 0 Å². The molecule has 0 unspecified atom stereocenters. The summed E-state index contributed by atoms with van der Waals surface area (Å²) in [6.45, 7) is 3.43. The average Bonchev–Trinajstić information content (AvgIpc) is 2.53. The van der Waals surface area contributed by atoms with Crippen LogP contribution in [-0.2, 0) is 13.0 Å². The average molecular weight is 310 g/mol. The van der Waals surface area contributed by atoms with E-state index in [2.05, 4.69) is 35.2 Å². The summed E-state index contributed by atoms with van der Waals surface area (Å²) in [5.74, 6) is 2.47. The van der Waals surface area contributed by atoms with Gasteiger partial charge in [0.1, 0.15) is 5.82 Å². The third-order valence-corrected chi connectivity index (χ3v) is 3.94. The zero-order chi connectivity index (χ0) is 16.7. The second-order valence-electron chi connectivity index (χ2n) is 5.86. The lowest BCUT2D eigenvalue weighted by Crippen LogP contribution is -2.31. The van der Waals surface area contributed by atoms with Gasteiger partial charge in [-0.05, 0) is 55.8 Å². The van der Waals surface area contributed by atoms with Gasteiger partial charge in [-0.2, -0.15) is 0 Å². The number of rotatable bonds is 7. The Hall–Kier alpha value is -2.31. The Labute approximate surface area is 138 Å². The molecule has 0 heterocycles. The van der Waals surface area contributed by atoms with Gasteiger partial charge in [0.15, 0.2) is 0 Å². The molecule has 0 radical (unpaired) electrons. The number of hydrogen-bond acceptors (Lipinski definition) is 2. The minimum absolute atomic E-state index is 0.205. The summed E-state index contributed by atoms with van der Waals surface area (Å²) in [7, 11) is 2.04. The van der Waals surface area contributed by atoms with Crippen molar-refractivity contribution in [2.75, 3.05) is 18.9 Å². The maximum atomic E-state index is 13.2. The van der Waals surface area contributed by atoms with Crippen molar-refractivity contribution < 1.29 is 4.39 Å². The molecule has 120 valence electrons. The third kappa shape index (κ3) is 5.43. The molecule has 0 amide bonds. The van der Waals surface area contributed by atoms with Crippen molar-refractivity contribution in [2.45, 2.75) is 25.9 Å². The fourth-order valence-corrected chi connectivity index (χ4v) is 2.46. The Bertz CT molecular complexity index is 675. The fraction of sp³-hybridized carbons (Fsp3) is 0.300. The summed E-state index contributed by atoms with van der Waals surface area (Å²) in [5.41, 5.74) is 3.22. The number of halogens is 1. The minimum atomic E-state index is -0.205. The molecule has 2 nitrogen and oxygen atoms in total. The van der Waals surface area contributed by atoms with E-state index < -0.39 is 0 Å². The normalized spacial score (nSPS) is 12.0. The third-order valence-electron chi connectivity index (χ3n) is 3.94. The molecule has 0 spiro atoms. The molecule has 0 bridgehead atoms. The van der Waals surface area contributed by atoms with E-state index in [1.807, 2.05) is 25.2 Å². The molecule has 0 aliphatic rings. The van der Waals surface area contributed by atoms with Crippen LogP contribution < -0.4 is 5.32 Å². The van der Waals surface area contributed by atoms with Crippen molar-refractivity contribution in [2.24, 2.45) is 0 Å². The first-order valence-corrected chi connectivity index (χ1v) is 7.79. The van der Waals surface area contributed by atoms with E-state index in [0.717, 1.165) is 17.7 Å². The SMILES string of the molecule is C#CCN(C)[C@H](C)Cc1cccc(NCc2cccc(F)c2)c1. The summed E-state index contributed by atoms with van der Waals surface area (Å²) in [6, 6.07) is 15.3. The number of benzene rings is 2. The molecule has 0 saturated heterocycles. The van der Waals surface area contributed by atoms with Crippen molar-refractivity contribution in [1.82, 2.24) is 4.90 Å². The van der Waals surface area contributed by atoms with Crippen LogP contribution in [0.15, 0.2) is 48.5 Å². The first-order valence-electron chi connectivity index (χ1n) is 7.79. The number of nitrogens with zero attached hydrogens (tertiary/aromatic N) is 1. The Kier molecular flexibility index (Phi) is 6.19. The van der Waals surface area contributed by atoms with Gasteiger partial charge in [-0.3, -0.25) is 4.90 Å². The zero-order valence-corrected chi connectivity index (χ0v) is 13.7. The molecule has 3 heteroatoms. The molecule has 2 aromatic carbocycles. The highest BCUT2D eigenvalue weighted by atomic mass is 19.1. The first-order chi connectivity index (χ1) is 11.1. The van der Waals surface area contributed by atoms with Crippen LogP contribution in [0.5, 0.6) is 0 Å². The van der Waals surface area contributed by atoms with Crippen molar-refractivity contribution >= 4 is 5.69 Å². The lowest BCUT2D eigenvalue weighted by Gasteiger charge is -2.22. The van der Waals surface area contributed by atoms with Crippen LogP contribution in [0, 0.1) is 18.2 Å². The Balaban J connectivity index is 1.95. The van der Waals surface area contributed by atoms with Gasteiger partial charge in [0.2, 0.25) is 0 Å². The Morgan fingerprint density at radius 3 is 2.65 bits per heavy atom. The number of anilines is 1. The van der Waals surface area contributed by atoms with Crippen LogP contribution in [0.25, 0.3) is 0 Å². The quantitative estimate of drug-likeness (QED) is 0.779. The van der Waals surface area contributed by atoms with Gasteiger partial charge in [0.05, 0.1) is 6.54 Å². The molecule has 1 atom stereocenters. The van der Waals surface area contributed by atoms with E-state index in [0.29, 0.717) is 19.1 Å². The zero-order valence-electron chi connectivity index (χ0n) is 13.7. The minimum Gasteiger partial charge on any atom is -0.381 e. The van der Waals surface area contributed by atoms with Crippen molar-refractivity contribution in [3.05, 3.63) is 65.5 Å². The van der Waals surface area contributed by atoms with E-state index >= 15 is 0 Å². The molecule has 0 saturated carbocycles. The number of likely N-dealkylation sites (N-methyl/N-ethyl adjacent to an activating group) is 1. The summed E-state index contributed by atoms with van der Waals surface area (Å²) >= 11 is 0. The lowest BCUT2D eigenvalue weighted by atomic mass is 10.1. The molecule has 1 N–H and O–H groups in total. The van der Waals surface area contributed by atoms with Crippen LogP contribution in [0.3, 0.4) is 0 Å². The lowest BCUT2D eigenvalue weighted by molar-refractivity contribution is 0.287. The van der Waals surface area contributed by atoms with Crippen molar-refractivity contribution in [1.29, 1.82) is 0 Å². The highest BCUT2D eigenvalue weighted by Gasteiger charge is 2.09. The maximum Gasteiger partial charge on any atom is 0.123 e. The summed E-state index contributed by atoms with van der Waals surface area (Å²) < 4.78 is 13.2. The first kappa shape index (κ1) is 17.1.